The second-order valence-electron chi connectivity index (χ2n) is 6.87. The summed E-state index contributed by atoms with van der Waals surface area (Å²) in [6, 6.07) is 12.9. The van der Waals surface area contributed by atoms with E-state index in [-0.39, 0.29) is 5.91 Å². The maximum atomic E-state index is 12.3. The molecule has 140 valence electrons. The molecule has 0 N–H and O–H groups in total. The van der Waals surface area contributed by atoms with Gasteiger partial charge in [-0.2, -0.15) is 0 Å². The summed E-state index contributed by atoms with van der Waals surface area (Å²) in [5.41, 5.74) is 2.41. The van der Waals surface area contributed by atoms with Gasteiger partial charge in [0.15, 0.2) is 0 Å². The van der Waals surface area contributed by atoms with Crippen LogP contribution in [-0.4, -0.2) is 17.9 Å². The molecule has 0 aliphatic rings. The predicted octanol–water partition coefficient (Wildman–Crippen LogP) is 6.46. The van der Waals surface area contributed by atoms with Gasteiger partial charge in [-0.25, -0.2) is 0 Å². The first-order chi connectivity index (χ1) is 12.6. The standard InChI is InChI=1S/C23H31NOS/c1-4-6-7-8-9-14-23(25)24(3)18-19-12-10-13-20(17-19)22-16-15-21(26-22)11-5-2/h5,10,12-13,15-17H,2,4,6-9,11,14,18H2,1,3H3. The van der Waals surface area contributed by atoms with Crippen molar-refractivity contribution in [3.63, 3.8) is 0 Å². The Labute approximate surface area is 162 Å². The Morgan fingerprint density at radius 1 is 1.15 bits per heavy atom. The molecular weight excluding hydrogens is 338 g/mol. The Balaban J connectivity index is 1.90. The van der Waals surface area contributed by atoms with Crippen LogP contribution in [0.3, 0.4) is 0 Å². The lowest BCUT2D eigenvalue weighted by atomic mass is 10.1. The normalized spacial score (nSPS) is 10.7. The summed E-state index contributed by atoms with van der Waals surface area (Å²) in [7, 11) is 1.91. The summed E-state index contributed by atoms with van der Waals surface area (Å²) in [5, 5.41) is 0. The number of hydrogen-bond acceptors (Lipinski definition) is 2. The summed E-state index contributed by atoms with van der Waals surface area (Å²) in [6.07, 6.45) is 9.44. The molecule has 2 rings (SSSR count). The van der Waals surface area contributed by atoms with E-state index < -0.39 is 0 Å². The van der Waals surface area contributed by atoms with Crippen LogP contribution in [0, 0.1) is 0 Å². The van der Waals surface area contributed by atoms with Crippen LogP contribution in [0.4, 0.5) is 0 Å². The minimum atomic E-state index is 0.247. The van der Waals surface area contributed by atoms with Crippen molar-refractivity contribution in [1.82, 2.24) is 4.90 Å². The van der Waals surface area contributed by atoms with Gasteiger partial charge >= 0.3 is 0 Å². The molecule has 0 saturated carbocycles. The van der Waals surface area contributed by atoms with Crippen molar-refractivity contribution >= 4 is 17.2 Å². The molecule has 2 nitrogen and oxygen atoms in total. The van der Waals surface area contributed by atoms with E-state index in [9.17, 15) is 4.79 Å². The van der Waals surface area contributed by atoms with Gasteiger partial charge in [0.05, 0.1) is 0 Å². The molecule has 0 unspecified atom stereocenters. The van der Waals surface area contributed by atoms with Crippen LogP contribution < -0.4 is 0 Å². The summed E-state index contributed by atoms with van der Waals surface area (Å²) >= 11 is 1.81. The van der Waals surface area contributed by atoms with Crippen molar-refractivity contribution in [3.05, 3.63) is 59.5 Å². The number of allylic oxidation sites excluding steroid dienone is 1. The van der Waals surface area contributed by atoms with Gasteiger partial charge < -0.3 is 4.90 Å². The molecule has 0 spiro atoms. The number of carbonyl (C=O) groups excluding carboxylic acids is 1. The third-order valence-electron chi connectivity index (χ3n) is 4.56. The number of unbranched alkanes of at least 4 members (excludes halogenated alkanes) is 4. The monoisotopic (exact) mass is 369 g/mol. The van der Waals surface area contributed by atoms with Crippen LogP contribution in [-0.2, 0) is 17.8 Å². The average Bonchev–Trinajstić information content (AvgIpc) is 3.10. The molecule has 0 bridgehead atoms. The molecule has 26 heavy (non-hydrogen) atoms. The number of thiophene rings is 1. The van der Waals surface area contributed by atoms with Crippen molar-refractivity contribution in [1.29, 1.82) is 0 Å². The number of nitrogens with zero attached hydrogens (tertiary/aromatic N) is 1. The van der Waals surface area contributed by atoms with Gasteiger partial charge in [-0.15, -0.1) is 17.9 Å². The lowest BCUT2D eigenvalue weighted by Crippen LogP contribution is -2.25. The highest BCUT2D eigenvalue weighted by atomic mass is 32.1. The first kappa shape index (κ1) is 20.4. The van der Waals surface area contributed by atoms with Gasteiger partial charge in [0, 0.05) is 29.8 Å². The fourth-order valence-electron chi connectivity index (χ4n) is 3.04. The summed E-state index contributed by atoms with van der Waals surface area (Å²) < 4.78 is 0. The SMILES string of the molecule is C=CCc1ccc(-c2cccc(CN(C)C(=O)CCCCCCC)c2)s1. The van der Waals surface area contributed by atoms with Crippen molar-refractivity contribution in [2.45, 2.75) is 58.4 Å². The van der Waals surface area contributed by atoms with Gasteiger partial charge in [-0.05, 0) is 42.2 Å². The molecule has 0 radical (unpaired) electrons. The van der Waals surface area contributed by atoms with E-state index in [1.54, 1.807) is 0 Å². The number of carbonyl (C=O) groups is 1. The van der Waals surface area contributed by atoms with Crippen molar-refractivity contribution < 1.29 is 4.79 Å². The molecule has 3 heteroatoms. The Bertz CT molecular complexity index is 704. The molecule has 1 heterocycles. The molecular formula is C23H31NOS. The van der Waals surface area contributed by atoms with Gasteiger partial charge in [0.2, 0.25) is 5.91 Å². The Hall–Kier alpha value is -1.87. The molecule has 1 aromatic carbocycles. The van der Waals surface area contributed by atoms with Crippen LogP contribution >= 0.6 is 11.3 Å². The minimum absolute atomic E-state index is 0.247. The van der Waals surface area contributed by atoms with Gasteiger partial charge in [-0.1, -0.05) is 56.9 Å². The molecule has 0 atom stereocenters. The lowest BCUT2D eigenvalue weighted by Gasteiger charge is -2.17. The average molecular weight is 370 g/mol. The van der Waals surface area contributed by atoms with Crippen LogP contribution in [0.25, 0.3) is 10.4 Å². The van der Waals surface area contributed by atoms with E-state index in [4.69, 9.17) is 0 Å². The van der Waals surface area contributed by atoms with Crippen molar-refractivity contribution in [3.8, 4) is 10.4 Å². The van der Waals surface area contributed by atoms with Crippen LogP contribution in [0.2, 0.25) is 0 Å². The highest BCUT2D eigenvalue weighted by Gasteiger charge is 2.10. The molecule has 0 fully saturated rings. The zero-order valence-corrected chi connectivity index (χ0v) is 17.0. The summed E-state index contributed by atoms with van der Waals surface area (Å²) in [4.78, 5) is 16.8. The Morgan fingerprint density at radius 2 is 1.96 bits per heavy atom. The largest absolute Gasteiger partial charge is 0.341 e. The zero-order valence-electron chi connectivity index (χ0n) is 16.2. The quantitative estimate of drug-likeness (QED) is 0.329. The first-order valence-corrected chi connectivity index (χ1v) is 10.5. The Morgan fingerprint density at radius 3 is 2.73 bits per heavy atom. The molecule has 0 aliphatic carbocycles. The van der Waals surface area contributed by atoms with E-state index in [1.807, 2.05) is 29.4 Å². The van der Waals surface area contributed by atoms with E-state index >= 15 is 0 Å². The maximum Gasteiger partial charge on any atom is 0.222 e. The maximum absolute atomic E-state index is 12.3. The summed E-state index contributed by atoms with van der Waals surface area (Å²) in [5.74, 6) is 0.247. The van der Waals surface area contributed by atoms with Gasteiger partial charge in [-0.3, -0.25) is 4.79 Å². The Kier molecular flexibility index (Phi) is 8.63. The highest BCUT2D eigenvalue weighted by molar-refractivity contribution is 7.15. The highest BCUT2D eigenvalue weighted by Crippen LogP contribution is 2.29. The van der Waals surface area contributed by atoms with Crippen molar-refractivity contribution in [2.24, 2.45) is 0 Å². The minimum Gasteiger partial charge on any atom is -0.341 e. The second kappa shape index (κ2) is 11.0. The van der Waals surface area contributed by atoms with Crippen LogP contribution in [0.15, 0.2) is 49.1 Å². The molecule has 1 aromatic heterocycles. The smallest absolute Gasteiger partial charge is 0.222 e. The molecule has 0 saturated heterocycles. The third-order valence-corrected chi connectivity index (χ3v) is 5.72. The molecule has 0 aliphatic heterocycles. The van der Waals surface area contributed by atoms with E-state index in [2.05, 4.69) is 49.9 Å². The fraction of sp³-hybridized carbons (Fsp3) is 0.435. The predicted molar refractivity (Wildman–Crippen MR) is 114 cm³/mol. The van der Waals surface area contributed by atoms with E-state index in [1.165, 1.54) is 40.1 Å². The number of rotatable bonds is 11. The zero-order chi connectivity index (χ0) is 18.8. The second-order valence-corrected chi connectivity index (χ2v) is 8.04. The molecule has 1 amide bonds. The lowest BCUT2D eigenvalue weighted by molar-refractivity contribution is -0.130. The van der Waals surface area contributed by atoms with E-state index in [0.29, 0.717) is 13.0 Å². The fourth-order valence-corrected chi connectivity index (χ4v) is 4.04. The van der Waals surface area contributed by atoms with Crippen LogP contribution in [0.5, 0.6) is 0 Å². The van der Waals surface area contributed by atoms with E-state index in [0.717, 1.165) is 19.3 Å². The van der Waals surface area contributed by atoms with Gasteiger partial charge in [0.1, 0.15) is 0 Å². The third kappa shape index (κ3) is 6.45. The first-order valence-electron chi connectivity index (χ1n) is 9.67. The number of benzene rings is 1. The number of hydrogen-bond donors (Lipinski definition) is 0. The number of amides is 1. The van der Waals surface area contributed by atoms with Crippen molar-refractivity contribution in [2.75, 3.05) is 7.05 Å². The van der Waals surface area contributed by atoms with Gasteiger partial charge in [0.25, 0.3) is 0 Å². The summed E-state index contributed by atoms with van der Waals surface area (Å²) in [6.45, 7) is 6.69. The van der Waals surface area contributed by atoms with Crippen LogP contribution in [0.1, 0.15) is 55.9 Å². The topological polar surface area (TPSA) is 20.3 Å². The molecule has 2 aromatic rings.